The number of hydrogen-bond acceptors (Lipinski definition) is 6. The molecule has 4 aromatic rings. The highest BCUT2D eigenvalue weighted by Crippen LogP contribution is 2.34. The van der Waals surface area contributed by atoms with Gasteiger partial charge in [0.2, 0.25) is 0 Å². The smallest absolute Gasteiger partial charge is 0.264 e. The zero-order valence-electron chi connectivity index (χ0n) is 15.5. The Labute approximate surface area is 176 Å². The molecule has 0 spiro atoms. The quantitative estimate of drug-likeness (QED) is 0.413. The average Bonchev–Trinajstić information content (AvgIpc) is 3.35. The lowest BCUT2D eigenvalue weighted by Crippen LogP contribution is -2.20. The average molecular weight is 429 g/mol. The van der Waals surface area contributed by atoms with Crippen LogP contribution in [0.25, 0.3) is 22.4 Å². The lowest BCUT2D eigenvalue weighted by Gasteiger charge is -2.05. The van der Waals surface area contributed by atoms with Crippen molar-refractivity contribution in [3.05, 3.63) is 58.9 Å². The summed E-state index contributed by atoms with van der Waals surface area (Å²) >= 11 is 7.14. The van der Waals surface area contributed by atoms with E-state index in [4.69, 9.17) is 25.5 Å². The van der Waals surface area contributed by atoms with Crippen LogP contribution in [0.2, 0.25) is 5.02 Å². The number of nitrogens with zero attached hydrogens (tertiary/aromatic N) is 1. The molecule has 0 saturated heterocycles. The molecule has 0 atom stereocenters. The summed E-state index contributed by atoms with van der Waals surface area (Å²) in [5.74, 6) is 1.57. The molecule has 29 heavy (non-hydrogen) atoms. The molecule has 2 aromatic carbocycles. The molecule has 2 aromatic heterocycles. The molecule has 1 N–H and O–H groups in total. The van der Waals surface area contributed by atoms with Crippen LogP contribution in [-0.4, -0.2) is 24.1 Å². The van der Waals surface area contributed by atoms with Gasteiger partial charge in [-0.2, -0.15) is 0 Å². The number of anilines is 1. The number of furan rings is 1. The Bertz CT molecular complexity index is 1140. The second-order valence-electron chi connectivity index (χ2n) is 6.05. The first kappa shape index (κ1) is 19.3. The summed E-state index contributed by atoms with van der Waals surface area (Å²) in [5.41, 5.74) is 1.32. The minimum atomic E-state index is -0.302. The fourth-order valence-electron chi connectivity index (χ4n) is 2.71. The van der Waals surface area contributed by atoms with E-state index in [2.05, 4.69) is 10.3 Å². The first-order chi connectivity index (χ1) is 14.1. The van der Waals surface area contributed by atoms with E-state index >= 15 is 0 Å². The Morgan fingerprint density at radius 1 is 1.21 bits per heavy atom. The van der Waals surface area contributed by atoms with Crippen LogP contribution in [0.1, 0.15) is 6.92 Å². The van der Waals surface area contributed by atoms with E-state index < -0.39 is 0 Å². The van der Waals surface area contributed by atoms with Crippen LogP contribution in [0.5, 0.6) is 11.5 Å². The fraction of sp³-hybridized carbons (Fsp3) is 0.143. The molecule has 0 unspecified atom stereocenters. The van der Waals surface area contributed by atoms with Crippen LogP contribution >= 0.6 is 22.9 Å². The van der Waals surface area contributed by atoms with E-state index in [1.54, 1.807) is 24.3 Å². The van der Waals surface area contributed by atoms with Gasteiger partial charge in [0.15, 0.2) is 28.8 Å². The van der Waals surface area contributed by atoms with Crippen LogP contribution in [0.3, 0.4) is 0 Å². The van der Waals surface area contributed by atoms with E-state index in [1.165, 1.54) is 11.3 Å². The van der Waals surface area contributed by atoms with E-state index in [9.17, 15) is 4.79 Å². The number of fused-ring (bicyclic) bond motifs is 1. The van der Waals surface area contributed by atoms with Crippen LogP contribution in [0, 0.1) is 0 Å². The van der Waals surface area contributed by atoms with Crippen molar-refractivity contribution in [2.75, 3.05) is 18.5 Å². The molecule has 0 aliphatic rings. The minimum absolute atomic E-state index is 0.126. The number of ether oxygens (including phenoxy) is 2. The van der Waals surface area contributed by atoms with Gasteiger partial charge in [-0.25, -0.2) is 4.98 Å². The predicted molar refractivity (Wildman–Crippen MR) is 114 cm³/mol. The van der Waals surface area contributed by atoms with Crippen molar-refractivity contribution in [3.63, 3.8) is 0 Å². The number of carbonyl (C=O) groups excluding carboxylic acids is 1. The number of para-hydroxylation sites is 1. The van der Waals surface area contributed by atoms with Gasteiger partial charge in [0.25, 0.3) is 5.91 Å². The number of aromatic nitrogens is 1. The third kappa shape index (κ3) is 4.52. The molecule has 0 radical (unpaired) electrons. The highest BCUT2D eigenvalue weighted by atomic mass is 35.5. The van der Waals surface area contributed by atoms with Crippen molar-refractivity contribution >= 4 is 44.9 Å². The molecule has 6 nitrogen and oxygen atoms in total. The Morgan fingerprint density at radius 3 is 2.83 bits per heavy atom. The van der Waals surface area contributed by atoms with Crippen LogP contribution in [0.15, 0.2) is 58.3 Å². The van der Waals surface area contributed by atoms with Crippen molar-refractivity contribution in [2.45, 2.75) is 6.92 Å². The fourth-order valence-corrected chi connectivity index (χ4v) is 3.55. The molecule has 148 valence electrons. The highest BCUT2D eigenvalue weighted by molar-refractivity contribution is 7.14. The van der Waals surface area contributed by atoms with Gasteiger partial charge < -0.3 is 13.9 Å². The maximum Gasteiger partial charge on any atom is 0.264 e. The third-order valence-electron chi connectivity index (χ3n) is 3.99. The number of thiazole rings is 1. The number of rotatable bonds is 7. The molecule has 1 amide bonds. The topological polar surface area (TPSA) is 73.6 Å². The van der Waals surface area contributed by atoms with Gasteiger partial charge in [-0.3, -0.25) is 10.1 Å². The van der Waals surface area contributed by atoms with Crippen molar-refractivity contribution in [1.82, 2.24) is 4.98 Å². The summed E-state index contributed by atoms with van der Waals surface area (Å²) in [5, 5.41) is 6.56. The van der Waals surface area contributed by atoms with E-state index in [1.807, 2.05) is 36.6 Å². The maximum absolute atomic E-state index is 12.1. The van der Waals surface area contributed by atoms with Crippen LogP contribution in [0.4, 0.5) is 5.13 Å². The molecular weight excluding hydrogens is 412 g/mol. The normalized spacial score (nSPS) is 10.8. The Hall–Kier alpha value is -3.03. The molecule has 2 heterocycles. The van der Waals surface area contributed by atoms with Gasteiger partial charge >= 0.3 is 0 Å². The number of hydrogen-bond donors (Lipinski definition) is 1. The molecule has 0 bridgehead atoms. The van der Waals surface area contributed by atoms with E-state index in [-0.39, 0.29) is 12.5 Å². The summed E-state index contributed by atoms with van der Waals surface area (Å²) in [4.78, 5) is 16.6. The van der Waals surface area contributed by atoms with Gasteiger partial charge in [0.1, 0.15) is 11.4 Å². The van der Waals surface area contributed by atoms with E-state index in [0.717, 1.165) is 5.39 Å². The second-order valence-corrected chi connectivity index (χ2v) is 7.34. The van der Waals surface area contributed by atoms with Gasteiger partial charge in [-0.15, -0.1) is 11.3 Å². The molecular formula is C21H17ClN2O4S. The van der Waals surface area contributed by atoms with Crippen molar-refractivity contribution in [2.24, 2.45) is 0 Å². The van der Waals surface area contributed by atoms with Gasteiger partial charge in [0, 0.05) is 15.8 Å². The van der Waals surface area contributed by atoms with Gasteiger partial charge in [-0.05, 0) is 43.3 Å². The van der Waals surface area contributed by atoms with Crippen LogP contribution < -0.4 is 14.8 Å². The molecule has 0 fully saturated rings. The molecule has 4 rings (SSSR count). The van der Waals surface area contributed by atoms with Crippen molar-refractivity contribution in [1.29, 1.82) is 0 Å². The number of carbonyl (C=O) groups is 1. The summed E-state index contributed by atoms with van der Waals surface area (Å²) in [6.07, 6.45) is 0. The molecule has 0 saturated carbocycles. The Kier molecular flexibility index (Phi) is 5.69. The predicted octanol–water partition coefficient (Wildman–Crippen LogP) is 5.63. The molecule has 0 aliphatic carbocycles. The second kappa shape index (κ2) is 8.55. The standard InChI is InChI=1S/C21H17ClN2O4S/c1-2-26-17-5-3-4-13-10-18(28-20(13)17)16-12-29-21(23-16)24-19(25)11-27-15-8-6-14(22)7-9-15/h3-10,12H,2,11H2,1H3,(H,23,24,25). The number of halogens is 1. The lowest BCUT2D eigenvalue weighted by atomic mass is 10.2. The SMILES string of the molecule is CCOc1cccc2cc(-c3csc(NC(=O)COc4ccc(Cl)cc4)n3)oc12. The minimum Gasteiger partial charge on any atom is -0.490 e. The molecule has 8 heteroatoms. The zero-order valence-corrected chi connectivity index (χ0v) is 17.0. The number of amides is 1. The maximum atomic E-state index is 12.1. The summed E-state index contributed by atoms with van der Waals surface area (Å²) in [6.45, 7) is 2.35. The number of nitrogens with one attached hydrogen (secondary N) is 1. The Balaban J connectivity index is 1.43. The first-order valence-electron chi connectivity index (χ1n) is 8.92. The summed E-state index contributed by atoms with van der Waals surface area (Å²) in [6, 6.07) is 14.4. The number of benzene rings is 2. The lowest BCUT2D eigenvalue weighted by molar-refractivity contribution is -0.118. The largest absolute Gasteiger partial charge is 0.490 e. The van der Waals surface area contributed by atoms with Crippen molar-refractivity contribution < 1.29 is 18.7 Å². The van der Waals surface area contributed by atoms with E-state index in [0.29, 0.717) is 45.3 Å². The third-order valence-corrected chi connectivity index (χ3v) is 5.00. The highest BCUT2D eigenvalue weighted by Gasteiger charge is 2.14. The Morgan fingerprint density at radius 2 is 2.03 bits per heavy atom. The van der Waals surface area contributed by atoms with Crippen molar-refractivity contribution in [3.8, 4) is 23.0 Å². The van der Waals surface area contributed by atoms with Gasteiger partial charge in [-0.1, -0.05) is 23.7 Å². The monoisotopic (exact) mass is 428 g/mol. The first-order valence-corrected chi connectivity index (χ1v) is 10.2. The zero-order chi connectivity index (χ0) is 20.2. The van der Waals surface area contributed by atoms with Crippen LogP contribution in [-0.2, 0) is 4.79 Å². The molecule has 0 aliphatic heterocycles. The summed E-state index contributed by atoms with van der Waals surface area (Å²) in [7, 11) is 0. The summed E-state index contributed by atoms with van der Waals surface area (Å²) < 4.78 is 17.0. The van der Waals surface area contributed by atoms with Gasteiger partial charge in [0.05, 0.1) is 6.61 Å².